The van der Waals surface area contributed by atoms with E-state index in [1.807, 2.05) is 12.1 Å². The van der Waals surface area contributed by atoms with Gasteiger partial charge in [0.1, 0.15) is 0 Å². The lowest BCUT2D eigenvalue weighted by molar-refractivity contribution is -0.121. The minimum atomic E-state index is -0.125. The summed E-state index contributed by atoms with van der Waals surface area (Å²) in [7, 11) is 0. The molecule has 0 aliphatic carbocycles. The molecular weight excluding hydrogens is 258 g/mol. The molecule has 1 rings (SSSR count). The van der Waals surface area contributed by atoms with E-state index in [0.29, 0.717) is 17.1 Å². The molecule has 0 aromatic heterocycles. The second-order valence-electron chi connectivity index (χ2n) is 3.56. The van der Waals surface area contributed by atoms with Crippen LogP contribution in [0.1, 0.15) is 19.3 Å². The summed E-state index contributed by atoms with van der Waals surface area (Å²) >= 11 is 7.70. The topological polar surface area (TPSA) is 81.1 Å². The van der Waals surface area contributed by atoms with Crippen molar-refractivity contribution in [1.29, 1.82) is 0 Å². The molecule has 0 unspecified atom stereocenters. The second kappa shape index (κ2) is 7.42. The molecule has 94 valence electrons. The van der Waals surface area contributed by atoms with E-state index in [1.54, 1.807) is 17.8 Å². The monoisotopic (exact) mass is 273 g/mol. The van der Waals surface area contributed by atoms with Crippen molar-refractivity contribution in [2.45, 2.75) is 24.2 Å². The highest BCUT2D eigenvalue weighted by molar-refractivity contribution is 7.99. The third-order valence-electron chi connectivity index (χ3n) is 2.17. The van der Waals surface area contributed by atoms with Gasteiger partial charge >= 0.3 is 0 Å². The lowest BCUT2D eigenvalue weighted by Crippen LogP contribution is -2.29. The van der Waals surface area contributed by atoms with E-state index in [9.17, 15) is 4.79 Å². The van der Waals surface area contributed by atoms with Gasteiger partial charge in [0.15, 0.2) is 0 Å². The summed E-state index contributed by atoms with van der Waals surface area (Å²) < 4.78 is 0. The van der Waals surface area contributed by atoms with Gasteiger partial charge in [-0.25, -0.2) is 5.84 Å². The molecule has 1 amide bonds. The molecule has 17 heavy (non-hydrogen) atoms. The first-order valence-corrected chi connectivity index (χ1v) is 6.67. The van der Waals surface area contributed by atoms with Crippen LogP contribution in [0.4, 0.5) is 5.69 Å². The highest BCUT2D eigenvalue weighted by atomic mass is 35.5. The molecule has 0 aliphatic rings. The number of carbonyl (C=O) groups excluding carboxylic acids is 1. The zero-order chi connectivity index (χ0) is 12.7. The molecule has 6 heteroatoms. The number of unbranched alkanes of at least 4 members (excludes halogenated alkanes) is 1. The maximum Gasteiger partial charge on any atom is 0.233 e. The Morgan fingerprint density at radius 2 is 2.18 bits per heavy atom. The van der Waals surface area contributed by atoms with E-state index in [0.717, 1.165) is 23.5 Å². The summed E-state index contributed by atoms with van der Waals surface area (Å²) in [5.74, 6) is 5.77. The Hall–Kier alpha value is -0.910. The van der Waals surface area contributed by atoms with Gasteiger partial charge in [-0.3, -0.25) is 10.2 Å². The minimum absolute atomic E-state index is 0.125. The van der Waals surface area contributed by atoms with Crippen LogP contribution in [0.15, 0.2) is 23.1 Å². The first kappa shape index (κ1) is 14.2. The Balaban J connectivity index is 2.24. The summed E-state index contributed by atoms with van der Waals surface area (Å²) in [6.07, 6.45) is 2.23. The lowest BCUT2D eigenvalue weighted by Gasteiger charge is -2.04. The molecule has 0 fully saturated rings. The number of hydrogen-bond donors (Lipinski definition) is 3. The second-order valence-corrected chi connectivity index (χ2v) is 5.11. The number of nitrogens with one attached hydrogen (secondary N) is 1. The highest BCUT2D eigenvalue weighted by Gasteiger charge is 2.02. The summed E-state index contributed by atoms with van der Waals surface area (Å²) in [5, 5.41) is 0.676. The van der Waals surface area contributed by atoms with Crippen molar-refractivity contribution in [1.82, 2.24) is 5.43 Å². The number of hydrazine groups is 1. The quantitative estimate of drug-likeness (QED) is 0.185. The molecular formula is C11H16ClN3OS. The predicted molar refractivity (Wildman–Crippen MR) is 72.8 cm³/mol. The van der Waals surface area contributed by atoms with E-state index in [2.05, 4.69) is 5.43 Å². The standard InChI is InChI=1S/C11H16ClN3OS/c12-9-7-8(13)4-5-10(9)17-6-2-1-3-11(16)15-14/h4-5,7H,1-3,6,13-14H2,(H,15,16). The van der Waals surface area contributed by atoms with Crippen LogP contribution in [0.5, 0.6) is 0 Å². The number of amides is 1. The summed E-state index contributed by atoms with van der Waals surface area (Å²) in [5.41, 5.74) is 8.38. The molecule has 0 heterocycles. The highest BCUT2D eigenvalue weighted by Crippen LogP contribution is 2.29. The third kappa shape index (κ3) is 5.30. The largest absolute Gasteiger partial charge is 0.399 e. The van der Waals surface area contributed by atoms with Crippen molar-refractivity contribution in [3.8, 4) is 0 Å². The fourth-order valence-electron chi connectivity index (χ4n) is 1.28. The van der Waals surface area contributed by atoms with Crippen LogP contribution >= 0.6 is 23.4 Å². The Bertz CT molecular complexity index is 387. The van der Waals surface area contributed by atoms with Crippen molar-refractivity contribution < 1.29 is 4.79 Å². The predicted octanol–water partition coefficient (Wildman–Crippen LogP) is 2.17. The summed E-state index contributed by atoms with van der Waals surface area (Å²) in [6.45, 7) is 0. The fraction of sp³-hybridized carbons (Fsp3) is 0.364. The number of carbonyl (C=O) groups is 1. The zero-order valence-electron chi connectivity index (χ0n) is 9.41. The minimum Gasteiger partial charge on any atom is -0.399 e. The number of nitrogens with two attached hydrogens (primary N) is 2. The molecule has 0 saturated heterocycles. The number of anilines is 1. The van der Waals surface area contributed by atoms with Crippen LogP contribution in [0.3, 0.4) is 0 Å². The Morgan fingerprint density at radius 3 is 2.82 bits per heavy atom. The molecule has 4 nitrogen and oxygen atoms in total. The molecule has 0 atom stereocenters. The zero-order valence-corrected chi connectivity index (χ0v) is 11.0. The number of thioether (sulfide) groups is 1. The average molecular weight is 274 g/mol. The molecule has 0 saturated carbocycles. The Labute approximate surface area is 110 Å². The smallest absolute Gasteiger partial charge is 0.233 e. The first-order valence-electron chi connectivity index (χ1n) is 5.30. The fourth-order valence-corrected chi connectivity index (χ4v) is 2.56. The summed E-state index contributed by atoms with van der Waals surface area (Å²) in [4.78, 5) is 11.9. The van der Waals surface area contributed by atoms with Crippen molar-refractivity contribution >= 4 is 35.0 Å². The van der Waals surface area contributed by atoms with Crippen LogP contribution in [-0.2, 0) is 4.79 Å². The molecule has 0 aliphatic heterocycles. The maximum atomic E-state index is 10.9. The van der Waals surface area contributed by atoms with Gasteiger partial charge in [0.05, 0.1) is 5.02 Å². The van der Waals surface area contributed by atoms with Gasteiger partial charge in [-0.15, -0.1) is 11.8 Å². The molecule has 0 radical (unpaired) electrons. The van der Waals surface area contributed by atoms with Crippen molar-refractivity contribution in [2.75, 3.05) is 11.5 Å². The number of benzene rings is 1. The van der Waals surface area contributed by atoms with Crippen molar-refractivity contribution in [2.24, 2.45) is 5.84 Å². The van der Waals surface area contributed by atoms with E-state index in [-0.39, 0.29) is 5.91 Å². The van der Waals surface area contributed by atoms with Gasteiger partial charge in [-0.2, -0.15) is 0 Å². The number of hydrogen-bond acceptors (Lipinski definition) is 4. The van der Waals surface area contributed by atoms with Gasteiger partial charge in [-0.05, 0) is 36.8 Å². The first-order chi connectivity index (χ1) is 8.13. The van der Waals surface area contributed by atoms with Crippen LogP contribution in [0.25, 0.3) is 0 Å². The number of halogens is 1. The van der Waals surface area contributed by atoms with Gasteiger partial charge in [0.25, 0.3) is 0 Å². The molecule has 0 bridgehead atoms. The Morgan fingerprint density at radius 1 is 1.41 bits per heavy atom. The summed E-state index contributed by atoms with van der Waals surface area (Å²) in [6, 6.07) is 5.48. The van der Waals surface area contributed by atoms with Gasteiger partial charge in [0, 0.05) is 17.0 Å². The molecule has 1 aromatic carbocycles. The van der Waals surface area contributed by atoms with Crippen LogP contribution in [0.2, 0.25) is 5.02 Å². The lowest BCUT2D eigenvalue weighted by atomic mass is 10.2. The number of nitrogen functional groups attached to an aromatic ring is 1. The van der Waals surface area contributed by atoms with Crippen molar-refractivity contribution in [3.63, 3.8) is 0 Å². The van der Waals surface area contributed by atoms with Crippen LogP contribution in [0, 0.1) is 0 Å². The molecule has 0 spiro atoms. The van der Waals surface area contributed by atoms with E-state index in [1.165, 1.54) is 0 Å². The van der Waals surface area contributed by atoms with E-state index >= 15 is 0 Å². The maximum absolute atomic E-state index is 10.9. The normalized spacial score (nSPS) is 10.2. The SMILES string of the molecule is NNC(=O)CCCCSc1ccc(N)cc1Cl. The van der Waals surface area contributed by atoms with Gasteiger partial charge < -0.3 is 5.73 Å². The Kier molecular flexibility index (Phi) is 6.18. The van der Waals surface area contributed by atoms with Crippen LogP contribution < -0.4 is 17.0 Å². The van der Waals surface area contributed by atoms with E-state index < -0.39 is 0 Å². The third-order valence-corrected chi connectivity index (χ3v) is 3.76. The van der Waals surface area contributed by atoms with Crippen molar-refractivity contribution in [3.05, 3.63) is 23.2 Å². The molecule has 1 aromatic rings. The molecule has 5 N–H and O–H groups in total. The van der Waals surface area contributed by atoms with Gasteiger partial charge in [-0.1, -0.05) is 11.6 Å². The van der Waals surface area contributed by atoms with Crippen LogP contribution in [-0.4, -0.2) is 11.7 Å². The van der Waals surface area contributed by atoms with E-state index in [4.69, 9.17) is 23.2 Å². The average Bonchev–Trinajstić information content (AvgIpc) is 2.30. The number of rotatable bonds is 6. The van der Waals surface area contributed by atoms with Gasteiger partial charge in [0.2, 0.25) is 5.91 Å².